The highest BCUT2D eigenvalue weighted by molar-refractivity contribution is 7.16. The highest BCUT2D eigenvalue weighted by Gasteiger charge is 2.19. The van der Waals surface area contributed by atoms with Gasteiger partial charge in [0.25, 0.3) is 0 Å². The molecule has 3 aromatic rings. The molecule has 1 aliphatic heterocycles. The van der Waals surface area contributed by atoms with Crippen molar-refractivity contribution < 1.29 is 0 Å². The van der Waals surface area contributed by atoms with Gasteiger partial charge in [0.2, 0.25) is 0 Å². The van der Waals surface area contributed by atoms with Crippen molar-refractivity contribution in [2.24, 2.45) is 0 Å². The molecule has 126 valence electrons. The third kappa shape index (κ3) is 3.25. The van der Waals surface area contributed by atoms with E-state index >= 15 is 0 Å². The molecule has 3 aromatic heterocycles. The van der Waals surface area contributed by atoms with Crippen LogP contribution in [0.5, 0.6) is 0 Å². The molecule has 0 N–H and O–H groups in total. The predicted octanol–water partition coefficient (Wildman–Crippen LogP) is 1.99. The fraction of sp³-hybridized carbons (Fsp3) is 0.375. The van der Waals surface area contributed by atoms with Crippen LogP contribution in [0.2, 0.25) is 4.34 Å². The van der Waals surface area contributed by atoms with Crippen LogP contribution in [0.15, 0.2) is 41.3 Å². The van der Waals surface area contributed by atoms with Crippen molar-refractivity contribution in [3.63, 3.8) is 0 Å². The second-order valence-corrected chi connectivity index (χ2v) is 7.75. The summed E-state index contributed by atoms with van der Waals surface area (Å²) in [6.45, 7) is 5.31. The van der Waals surface area contributed by atoms with Gasteiger partial charge in [0.15, 0.2) is 5.65 Å². The Hall–Kier alpha value is -1.67. The van der Waals surface area contributed by atoms with Crippen LogP contribution in [-0.2, 0) is 13.2 Å². The van der Waals surface area contributed by atoms with Crippen molar-refractivity contribution in [1.82, 2.24) is 24.0 Å². The Labute approximate surface area is 148 Å². The summed E-state index contributed by atoms with van der Waals surface area (Å²) in [5.41, 5.74) is 0.608. The number of nitrogens with zero attached hydrogens (tertiary/aromatic N) is 5. The molecule has 0 radical (unpaired) electrons. The summed E-state index contributed by atoms with van der Waals surface area (Å²) < 4.78 is 3.97. The van der Waals surface area contributed by atoms with E-state index in [9.17, 15) is 4.79 Å². The molecule has 0 aliphatic carbocycles. The Morgan fingerprint density at radius 1 is 1.08 bits per heavy atom. The molecule has 4 rings (SSSR count). The van der Waals surface area contributed by atoms with E-state index in [0.29, 0.717) is 12.3 Å². The summed E-state index contributed by atoms with van der Waals surface area (Å²) in [7, 11) is 0. The average Bonchev–Trinajstić information content (AvgIpc) is 3.14. The monoisotopic (exact) mass is 363 g/mol. The normalized spacial score (nSPS) is 16.9. The first-order chi connectivity index (χ1) is 11.7. The SMILES string of the molecule is O=c1n(CN2CCN(Cc3ccc(Cl)s3)CC2)nc2ccccn12. The minimum absolute atomic E-state index is 0.0822. The van der Waals surface area contributed by atoms with E-state index < -0.39 is 0 Å². The van der Waals surface area contributed by atoms with Gasteiger partial charge in [-0.2, -0.15) is 4.68 Å². The van der Waals surface area contributed by atoms with Crippen molar-refractivity contribution in [3.8, 4) is 0 Å². The van der Waals surface area contributed by atoms with E-state index in [1.54, 1.807) is 26.6 Å². The predicted molar refractivity (Wildman–Crippen MR) is 95.6 cm³/mol. The van der Waals surface area contributed by atoms with Gasteiger partial charge in [-0.1, -0.05) is 17.7 Å². The lowest BCUT2D eigenvalue weighted by Crippen LogP contribution is -2.47. The Morgan fingerprint density at radius 3 is 2.58 bits per heavy atom. The maximum Gasteiger partial charge on any atom is 0.351 e. The number of piperazine rings is 1. The van der Waals surface area contributed by atoms with Crippen LogP contribution in [0.1, 0.15) is 4.88 Å². The molecular formula is C16H18ClN5OS. The molecule has 0 saturated carbocycles. The molecule has 1 aliphatic rings. The van der Waals surface area contributed by atoms with Crippen LogP contribution in [0.3, 0.4) is 0 Å². The van der Waals surface area contributed by atoms with Gasteiger partial charge in [-0.05, 0) is 24.3 Å². The first-order valence-electron chi connectivity index (χ1n) is 7.92. The standard InChI is InChI=1S/C16H18ClN5OS/c17-14-5-4-13(24-14)11-19-7-9-20(10-8-19)12-22-16(23)21-6-2-1-3-15(21)18-22/h1-6H,7-12H2. The lowest BCUT2D eigenvalue weighted by atomic mass is 10.3. The van der Waals surface area contributed by atoms with Gasteiger partial charge in [0.1, 0.15) is 0 Å². The molecule has 4 heterocycles. The molecule has 6 nitrogen and oxygen atoms in total. The Bertz CT molecular complexity index is 893. The molecule has 0 unspecified atom stereocenters. The van der Waals surface area contributed by atoms with E-state index in [1.807, 2.05) is 24.3 Å². The van der Waals surface area contributed by atoms with Gasteiger partial charge in [-0.3, -0.25) is 14.2 Å². The average molecular weight is 364 g/mol. The zero-order chi connectivity index (χ0) is 16.5. The molecule has 0 bridgehead atoms. The van der Waals surface area contributed by atoms with Crippen LogP contribution in [0.4, 0.5) is 0 Å². The van der Waals surface area contributed by atoms with Gasteiger partial charge >= 0.3 is 5.69 Å². The largest absolute Gasteiger partial charge is 0.351 e. The number of fused-ring (bicyclic) bond motifs is 1. The second kappa shape index (κ2) is 6.68. The van der Waals surface area contributed by atoms with Gasteiger partial charge in [-0.15, -0.1) is 16.4 Å². The lowest BCUT2D eigenvalue weighted by Gasteiger charge is -2.33. The minimum atomic E-state index is -0.0822. The van der Waals surface area contributed by atoms with Crippen molar-refractivity contribution in [2.45, 2.75) is 13.2 Å². The molecule has 0 aromatic carbocycles. The fourth-order valence-electron chi connectivity index (χ4n) is 3.00. The van der Waals surface area contributed by atoms with Gasteiger partial charge in [0, 0.05) is 43.8 Å². The summed E-state index contributed by atoms with van der Waals surface area (Å²) >= 11 is 7.63. The van der Waals surface area contributed by atoms with E-state index in [2.05, 4.69) is 21.0 Å². The van der Waals surface area contributed by atoms with Gasteiger partial charge < -0.3 is 0 Å². The lowest BCUT2D eigenvalue weighted by molar-refractivity contribution is 0.0982. The maximum atomic E-state index is 12.3. The van der Waals surface area contributed by atoms with Crippen LogP contribution in [0.25, 0.3) is 5.65 Å². The third-order valence-electron chi connectivity index (χ3n) is 4.30. The quantitative estimate of drug-likeness (QED) is 0.711. The van der Waals surface area contributed by atoms with Gasteiger partial charge in [-0.25, -0.2) is 4.79 Å². The summed E-state index contributed by atoms with van der Waals surface area (Å²) in [5.74, 6) is 0. The minimum Gasteiger partial charge on any atom is -0.296 e. The number of rotatable bonds is 4. The van der Waals surface area contributed by atoms with Crippen molar-refractivity contribution in [2.75, 3.05) is 26.2 Å². The first-order valence-corrected chi connectivity index (χ1v) is 9.11. The van der Waals surface area contributed by atoms with Crippen molar-refractivity contribution in [3.05, 3.63) is 56.2 Å². The Balaban J connectivity index is 1.37. The topological polar surface area (TPSA) is 45.8 Å². The molecule has 0 atom stereocenters. The summed E-state index contributed by atoms with van der Waals surface area (Å²) in [5, 5.41) is 4.39. The van der Waals surface area contributed by atoms with Crippen molar-refractivity contribution in [1.29, 1.82) is 0 Å². The number of hydrogen-bond donors (Lipinski definition) is 0. The van der Waals surface area contributed by atoms with E-state index in [-0.39, 0.29) is 5.69 Å². The van der Waals surface area contributed by atoms with E-state index in [1.165, 1.54) is 4.88 Å². The zero-order valence-electron chi connectivity index (χ0n) is 13.1. The smallest absolute Gasteiger partial charge is 0.296 e. The van der Waals surface area contributed by atoms with Gasteiger partial charge in [0.05, 0.1) is 11.0 Å². The van der Waals surface area contributed by atoms with Crippen LogP contribution in [0, 0.1) is 0 Å². The second-order valence-electron chi connectivity index (χ2n) is 5.95. The first kappa shape index (κ1) is 15.8. The summed E-state index contributed by atoms with van der Waals surface area (Å²) in [6.07, 6.45) is 1.76. The number of thiophene rings is 1. The Kier molecular flexibility index (Phi) is 4.41. The molecule has 0 spiro atoms. The van der Waals surface area contributed by atoms with E-state index in [0.717, 1.165) is 37.1 Å². The molecule has 24 heavy (non-hydrogen) atoms. The molecular weight excluding hydrogens is 346 g/mol. The fourth-order valence-corrected chi connectivity index (χ4v) is 4.13. The Morgan fingerprint density at radius 2 is 1.88 bits per heavy atom. The van der Waals surface area contributed by atoms with E-state index in [4.69, 9.17) is 11.6 Å². The number of hydrogen-bond acceptors (Lipinski definition) is 5. The highest BCUT2D eigenvalue weighted by Crippen LogP contribution is 2.23. The highest BCUT2D eigenvalue weighted by atomic mass is 35.5. The third-order valence-corrected chi connectivity index (χ3v) is 5.51. The molecule has 1 fully saturated rings. The van der Waals surface area contributed by atoms with Crippen LogP contribution in [-0.4, -0.2) is 50.2 Å². The molecule has 1 saturated heterocycles. The van der Waals surface area contributed by atoms with Crippen molar-refractivity contribution >= 4 is 28.6 Å². The summed E-state index contributed by atoms with van der Waals surface area (Å²) in [6, 6.07) is 9.63. The number of pyridine rings is 1. The number of aromatic nitrogens is 3. The number of halogens is 1. The summed E-state index contributed by atoms with van der Waals surface area (Å²) in [4.78, 5) is 18.3. The van der Waals surface area contributed by atoms with Crippen LogP contribution < -0.4 is 5.69 Å². The van der Waals surface area contributed by atoms with Crippen LogP contribution >= 0.6 is 22.9 Å². The molecule has 8 heteroatoms. The molecule has 0 amide bonds. The maximum absolute atomic E-state index is 12.3. The zero-order valence-corrected chi connectivity index (χ0v) is 14.7.